The first-order chi connectivity index (χ1) is 17.3. The predicted molar refractivity (Wildman–Crippen MR) is 155 cm³/mol. The molecule has 3 aromatic rings. The van der Waals surface area contributed by atoms with Gasteiger partial charge >= 0.3 is 0 Å². The van der Waals surface area contributed by atoms with Gasteiger partial charge in [0.25, 0.3) is 5.91 Å². The van der Waals surface area contributed by atoms with Crippen molar-refractivity contribution < 1.29 is 9.53 Å². The predicted octanol–water partition coefficient (Wildman–Crippen LogP) is 6.21. The lowest BCUT2D eigenvalue weighted by Gasteiger charge is -2.36. The van der Waals surface area contributed by atoms with Crippen molar-refractivity contribution in [3.63, 3.8) is 0 Å². The van der Waals surface area contributed by atoms with E-state index in [9.17, 15) is 4.79 Å². The summed E-state index contributed by atoms with van der Waals surface area (Å²) in [6.45, 7) is 4.39. The van der Waals surface area contributed by atoms with Gasteiger partial charge in [0, 0.05) is 49.0 Å². The molecule has 6 nitrogen and oxygen atoms in total. The topological polar surface area (TPSA) is 56.8 Å². The summed E-state index contributed by atoms with van der Waals surface area (Å²) < 4.78 is 5.88. The quantitative estimate of drug-likeness (QED) is 0.325. The lowest BCUT2D eigenvalue weighted by molar-refractivity contribution is 0.0977. The van der Waals surface area contributed by atoms with Crippen LogP contribution in [0.5, 0.6) is 5.75 Å². The van der Waals surface area contributed by atoms with Crippen molar-refractivity contribution in [3.05, 3.63) is 86.3 Å². The lowest BCUT2D eigenvalue weighted by Crippen LogP contribution is -2.46. The van der Waals surface area contributed by atoms with Crippen LogP contribution in [-0.4, -0.2) is 49.2 Å². The van der Waals surface area contributed by atoms with Gasteiger partial charge in [0.1, 0.15) is 5.75 Å². The van der Waals surface area contributed by atoms with E-state index in [4.69, 9.17) is 40.2 Å². The molecule has 3 aromatic carbocycles. The number of benzene rings is 3. The van der Waals surface area contributed by atoms with Crippen molar-refractivity contribution in [3.8, 4) is 5.75 Å². The Morgan fingerprint density at radius 1 is 1.03 bits per heavy atom. The van der Waals surface area contributed by atoms with Crippen molar-refractivity contribution in [2.24, 2.45) is 0 Å². The van der Waals surface area contributed by atoms with Crippen LogP contribution in [-0.2, 0) is 6.54 Å². The summed E-state index contributed by atoms with van der Waals surface area (Å²) in [4.78, 5) is 17.2. The zero-order chi connectivity index (χ0) is 25.7. The van der Waals surface area contributed by atoms with Gasteiger partial charge in [-0.1, -0.05) is 41.4 Å². The Morgan fingerprint density at radius 3 is 2.44 bits per heavy atom. The van der Waals surface area contributed by atoms with Crippen molar-refractivity contribution in [2.45, 2.75) is 6.54 Å². The van der Waals surface area contributed by atoms with E-state index in [0.29, 0.717) is 26.5 Å². The van der Waals surface area contributed by atoms with Gasteiger partial charge in [-0.05, 0) is 76.2 Å². The van der Waals surface area contributed by atoms with Crippen LogP contribution in [0.3, 0.4) is 0 Å². The molecule has 2 N–H and O–H groups in total. The molecule has 0 atom stereocenters. The van der Waals surface area contributed by atoms with E-state index in [2.05, 4.69) is 42.4 Å². The van der Waals surface area contributed by atoms with Gasteiger partial charge in [0.2, 0.25) is 0 Å². The van der Waals surface area contributed by atoms with Gasteiger partial charge in [-0.25, -0.2) is 0 Å². The highest BCUT2D eigenvalue weighted by Crippen LogP contribution is 2.30. The third kappa shape index (κ3) is 6.69. The first kappa shape index (κ1) is 26.7. The highest BCUT2D eigenvalue weighted by molar-refractivity contribution is 9.10. The summed E-state index contributed by atoms with van der Waals surface area (Å²) in [6, 6.07) is 18.7. The fourth-order valence-corrected chi connectivity index (χ4v) is 5.25. The monoisotopic (exact) mass is 606 g/mol. The van der Waals surface area contributed by atoms with Crippen LogP contribution in [0.25, 0.3) is 0 Å². The molecular formula is C26H25BrCl2N4O2S. The highest BCUT2D eigenvalue weighted by atomic mass is 79.9. The van der Waals surface area contributed by atoms with E-state index in [1.54, 1.807) is 25.3 Å². The van der Waals surface area contributed by atoms with Crippen molar-refractivity contribution >= 4 is 73.7 Å². The van der Waals surface area contributed by atoms with E-state index >= 15 is 0 Å². The number of carbonyl (C=O) groups excluding carboxylic acids is 1. The third-order valence-corrected chi connectivity index (χ3v) is 7.41. The molecule has 36 heavy (non-hydrogen) atoms. The first-order valence-corrected chi connectivity index (χ1v) is 13.3. The number of hydrogen-bond acceptors (Lipinski definition) is 5. The average molecular weight is 608 g/mol. The van der Waals surface area contributed by atoms with Gasteiger partial charge in [-0.2, -0.15) is 0 Å². The summed E-state index contributed by atoms with van der Waals surface area (Å²) in [7, 11) is 1.57. The van der Waals surface area contributed by atoms with E-state index in [1.165, 1.54) is 0 Å². The molecule has 1 fully saturated rings. The molecule has 0 aromatic heterocycles. The molecule has 0 bridgehead atoms. The number of halogens is 3. The zero-order valence-corrected chi connectivity index (χ0v) is 23.5. The minimum atomic E-state index is -0.326. The number of nitrogens with one attached hydrogen (secondary N) is 2. The van der Waals surface area contributed by atoms with Gasteiger partial charge < -0.3 is 15.0 Å². The molecule has 4 rings (SSSR count). The Kier molecular flexibility index (Phi) is 9.09. The summed E-state index contributed by atoms with van der Waals surface area (Å²) in [6.07, 6.45) is 0. The lowest BCUT2D eigenvalue weighted by atomic mass is 10.2. The maximum atomic E-state index is 12.5. The number of nitrogens with zero attached hydrogens (tertiary/aromatic N) is 2. The standard InChI is InChI=1S/C26H25BrCl2N4O2S/c1-35-24-9-6-17(14-20(24)27)25(34)31-26(36)30-19-7-8-23(22(29)15-19)33-12-10-32(11-13-33)16-18-4-2-3-5-21(18)28/h2-9,14-15H,10-13,16H2,1H3,(H2,30,31,34,36). The highest BCUT2D eigenvalue weighted by Gasteiger charge is 2.20. The molecule has 10 heteroatoms. The van der Waals surface area contributed by atoms with E-state index in [1.807, 2.05) is 36.4 Å². The minimum absolute atomic E-state index is 0.184. The zero-order valence-electron chi connectivity index (χ0n) is 19.6. The molecular weight excluding hydrogens is 583 g/mol. The number of methoxy groups -OCH3 is 1. The molecule has 188 valence electrons. The molecule has 0 unspecified atom stereocenters. The fraction of sp³-hybridized carbons (Fsp3) is 0.231. The second-order valence-electron chi connectivity index (χ2n) is 8.28. The number of anilines is 2. The van der Waals surface area contributed by atoms with Gasteiger partial charge in [-0.3, -0.25) is 15.0 Å². The van der Waals surface area contributed by atoms with E-state index in [0.717, 1.165) is 49.0 Å². The molecule has 1 saturated heterocycles. The Labute approximate surface area is 234 Å². The van der Waals surface area contributed by atoms with E-state index in [-0.39, 0.29) is 11.0 Å². The smallest absolute Gasteiger partial charge is 0.257 e. The maximum absolute atomic E-state index is 12.5. The van der Waals surface area contributed by atoms with Crippen LogP contribution in [0.15, 0.2) is 65.1 Å². The molecule has 1 amide bonds. The molecule has 1 heterocycles. The van der Waals surface area contributed by atoms with Crippen LogP contribution in [0.1, 0.15) is 15.9 Å². The van der Waals surface area contributed by atoms with Crippen LogP contribution in [0.4, 0.5) is 11.4 Å². The Bertz CT molecular complexity index is 1270. The van der Waals surface area contributed by atoms with Crippen LogP contribution in [0.2, 0.25) is 10.0 Å². The Balaban J connectivity index is 1.31. The molecule has 0 radical (unpaired) electrons. The van der Waals surface area contributed by atoms with Crippen LogP contribution < -0.4 is 20.3 Å². The number of rotatable bonds is 6. The van der Waals surface area contributed by atoms with Crippen LogP contribution in [0, 0.1) is 0 Å². The van der Waals surface area contributed by atoms with E-state index < -0.39 is 0 Å². The largest absolute Gasteiger partial charge is 0.496 e. The summed E-state index contributed by atoms with van der Waals surface area (Å²) >= 11 is 21.6. The minimum Gasteiger partial charge on any atom is -0.496 e. The number of hydrogen-bond donors (Lipinski definition) is 2. The van der Waals surface area contributed by atoms with Gasteiger partial charge in [0.15, 0.2) is 5.11 Å². The number of carbonyl (C=O) groups is 1. The number of ether oxygens (including phenoxy) is 1. The molecule has 0 aliphatic carbocycles. The van der Waals surface area contributed by atoms with Crippen molar-refractivity contribution in [1.29, 1.82) is 0 Å². The van der Waals surface area contributed by atoms with Crippen molar-refractivity contribution in [2.75, 3.05) is 43.5 Å². The number of piperazine rings is 1. The fourth-order valence-electron chi connectivity index (χ4n) is 4.00. The summed E-state index contributed by atoms with van der Waals surface area (Å²) in [5.41, 5.74) is 3.26. The second-order valence-corrected chi connectivity index (χ2v) is 10.4. The first-order valence-electron chi connectivity index (χ1n) is 11.3. The van der Waals surface area contributed by atoms with Crippen molar-refractivity contribution in [1.82, 2.24) is 10.2 Å². The number of amides is 1. The maximum Gasteiger partial charge on any atom is 0.257 e. The average Bonchev–Trinajstić information content (AvgIpc) is 2.86. The summed E-state index contributed by atoms with van der Waals surface area (Å²) in [5, 5.41) is 7.32. The molecule has 1 aliphatic heterocycles. The Morgan fingerprint density at radius 2 is 1.78 bits per heavy atom. The Hall–Kier alpha value is -2.36. The molecule has 1 aliphatic rings. The second kappa shape index (κ2) is 12.3. The van der Waals surface area contributed by atoms with Gasteiger partial charge in [0.05, 0.1) is 22.3 Å². The molecule has 0 spiro atoms. The number of thiocarbonyl (C=S) groups is 1. The SMILES string of the molecule is COc1ccc(C(=O)NC(=S)Nc2ccc(N3CCN(Cc4ccccc4Cl)CC3)c(Cl)c2)cc1Br. The third-order valence-electron chi connectivity index (χ3n) is 5.91. The molecule has 0 saturated carbocycles. The summed E-state index contributed by atoms with van der Waals surface area (Å²) in [5.74, 6) is 0.317. The van der Waals surface area contributed by atoms with Crippen LogP contribution >= 0.6 is 51.3 Å². The van der Waals surface area contributed by atoms with Gasteiger partial charge in [-0.15, -0.1) is 0 Å². The normalized spacial score (nSPS) is 13.8.